The maximum atomic E-state index is 3.86. The summed E-state index contributed by atoms with van der Waals surface area (Å²) in [4.78, 5) is 3.86. The van der Waals surface area contributed by atoms with Crippen molar-refractivity contribution in [2.45, 2.75) is 34.1 Å². The molecular weight excluding hydrogens is 230 g/mol. The average Bonchev–Trinajstić information content (AvgIpc) is 2.34. The minimum Gasteiger partial charge on any atom is -0.273 e. The highest BCUT2D eigenvalue weighted by Crippen LogP contribution is 2.45. The molecule has 1 aliphatic carbocycles. The highest BCUT2D eigenvalue weighted by molar-refractivity contribution is 5.32. The lowest BCUT2D eigenvalue weighted by Gasteiger charge is -2.39. The number of aliphatic imine (C=N–C) groups is 1. The van der Waals surface area contributed by atoms with Crippen molar-refractivity contribution >= 4 is 6.72 Å². The second-order valence-corrected chi connectivity index (χ2v) is 5.54. The number of hydrogen-bond donors (Lipinski definition) is 0. The molecule has 0 aromatic heterocycles. The van der Waals surface area contributed by atoms with E-state index in [0.717, 1.165) is 6.42 Å². The van der Waals surface area contributed by atoms with Gasteiger partial charge in [-0.1, -0.05) is 68.0 Å². The highest BCUT2D eigenvalue weighted by Gasteiger charge is 2.36. The van der Waals surface area contributed by atoms with E-state index >= 15 is 0 Å². The Hall–Kier alpha value is -1.63. The van der Waals surface area contributed by atoms with Gasteiger partial charge in [-0.15, -0.1) is 0 Å². The third-order valence-corrected chi connectivity index (χ3v) is 3.93. The first-order chi connectivity index (χ1) is 8.97. The number of hydrogen-bond acceptors (Lipinski definition) is 1. The molecule has 2 atom stereocenters. The molecule has 2 unspecified atom stereocenters. The van der Waals surface area contributed by atoms with Gasteiger partial charge in [0.15, 0.2) is 0 Å². The van der Waals surface area contributed by atoms with E-state index in [4.69, 9.17) is 0 Å². The Labute approximate surface area is 117 Å². The molecule has 0 saturated carbocycles. The van der Waals surface area contributed by atoms with E-state index < -0.39 is 0 Å². The molecule has 0 fully saturated rings. The minimum atomic E-state index is -0.116. The maximum Gasteiger partial charge on any atom is 0.0229 e. The van der Waals surface area contributed by atoms with E-state index in [0.29, 0.717) is 0 Å². The fourth-order valence-corrected chi connectivity index (χ4v) is 2.35. The number of allylic oxidation sites excluding steroid dienone is 9. The van der Waals surface area contributed by atoms with Crippen molar-refractivity contribution in [3.63, 3.8) is 0 Å². The summed E-state index contributed by atoms with van der Waals surface area (Å²) in [7, 11) is 0. The molecule has 0 aliphatic heterocycles. The van der Waals surface area contributed by atoms with Crippen LogP contribution < -0.4 is 0 Å². The summed E-state index contributed by atoms with van der Waals surface area (Å²) in [6.45, 7) is 12.2. The lowest BCUT2D eigenvalue weighted by Crippen LogP contribution is -2.31. The zero-order chi connectivity index (χ0) is 14.4. The van der Waals surface area contributed by atoms with Gasteiger partial charge in [-0.3, -0.25) is 4.99 Å². The summed E-state index contributed by atoms with van der Waals surface area (Å²) in [5, 5.41) is 0. The van der Waals surface area contributed by atoms with Crippen molar-refractivity contribution in [3.8, 4) is 0 Å². The van der Waals surface area contributed by atoms with Gasteiger partial charge in [0.1, 0.15) is 0 Å². The largest absolute Gasteiger partial charge is 0.273 e. The minimum absolute atomic E-state index is 0.0715. The predicted octanol–water partition coefficient (Wildman–Crippen LogP) is 5.25. The molecule has 0 heterocycles. The van der Waals surface area contributed by atoms with Crippen LogP contribution in [0.15, 0.2) is 65.4 Å². The molecular formula is C18H25N. The van der Waals surface area contributed by atoms with E-state index in [1.54, 1.807) is 6.20 Å². The Balaban J connectivity index is 3.27. The van der Waals surface area contributed by atoms with Gasteiger partial charge in [0, 0.05) is 17.0 Å². The quantitative estimate of drug-likeness (QED) is 0.480. The van der Waals surface area contributed by atoms with Gasteiger partial charge in [-0.05, 0) is 27.0 Å². The zero-order valence-electron chi connectivity index (χ0n) is 12.6. The Kier molecular flexibility index (Phi) is 5.29. The van der Waals surface area contributed by atoms with Crippen molar-refractivity contribution in [3.05, 3.63) is 60.4 Å². The van der Waals surface area contributed by atoms with Crippen LogP contribution in [0.3, 0.4) is 0 Å². The van der Waals surface area contributed by atoms with Gasteiger partial charge in [-0.25, -0.2) is 0 Å². The first-order valence-corrected chi connectivity index (χ1v) is 6.77. The van der Waals surface area contributed by atoms with Crippen LogP contribution in [-0.2, 0) is 0 Å². The van der Waals surface area contributed by atoms with Gasteiger partial charge in [0.25, 0.3) is 0 Å². The van der Waals surface area contributed by atoms with Crippen LogP contribution in [0.5, 0.6) is 0 Å². The van der Waals surface area contributed by atoms with Crippen molar-refractivity contribution < 1.29 is 0 Å². The normalized spacial score (nSPS) is 33.2. The molecule has 19 heavy (non-hydrogen) atoms. The van der Waals surface area contributed by atoms with Crippen LogP contribution >= 0.6 is 0 Å². The molecule has 1 heteroatoms. The van der Waals surface area contributed by atoms with Gasteiger partial charge >= 0.3 is 0 Å². The SMILES string of the molecule is C=N/C=C\C(C)(/C=C\C)C1(C)/C=C\C=C(\C)C/C=C\1. The summed E-state index contributed by atoms with van der Waals surface area (Å²) < 4.78 is 0. The third kappa shape index (κ3) is 3.66. The van der Waals surface area contributed by atoms with Crippen molar-refractivity contribution in [2.24, 2.45) is 15.8 Å². The van der Waals surface area contributed by atoms with Gasteiger partial charge in [-0.2, -0.15) is 0 Å². The Morgan fingerprint density at radius 1 is 1.37 bits per heavy atom. The van der Waals surface area contributed by atoms with Crippen LogP contribution in [0.4, 0.5) is 0 Å². The molecule has 102 valence electrons. The molecule has 0 aromatic rings. The van der Waals surface area contributed by atoms with Crippen molar-refractivity contribution in [2.75, 3.05) is 0 Å². The monoisotopic (exact) mass is 255 g/mol. The Morgan fingerprint density at radius 3 is 2.74 bits per heavy atom. The molecule has 1 aliphatic rings. The maximum absolute atomic E-state index is 3.86. The van der Waals surface area contributed by atoms with Gasteiger partial charge < -0.3 is 0 Å². The smallest absolute Gasteiger partial charge is 0.0229 e. The van der Waals surface area contributed by atoms with Gasteiger partial charge in [0.2, 0.25) is 0 Å². The second-order valence-electron chi connectivity index (χ2n) is 5.54. The molecule has 0 N–H and O–H groups in total. The topological polar surface area (TPSA) is 12.4 Å². The average molecular weight is 255 g/mol. The summed E-state index contributed by atoms with van der Waals surface area (Å²) in [5.41, 5.74) is 1.19. The lowest BCUT2D eigenvalue weighted by molar-refractivity contribution is 0.314. The van der Waals surface area contributed by atoms with E-state index in [2.05, 4.69) is 88.0 Å². The second kappa shape index (κ2) is 6.51. The summed E-state index contributed by atoms with van der Waals surface area (Å²) >= 11 is 0. The predicted molar refractivity (Wildman–Crippen MR) is 86.4 cm³/mol. The zero-order valence-corrected chi connectivity index (χ0v) is 12.6. The van der Waals surface area contributed by atoms with Crippen molar-refractivity contribution in [1.82, 2.24) is 0 Å². The lowest BCUT2D eigenvalue weighted by atomic mass is 9.64. The first kappa shape index (κ1) is 15.4. The standard InChI is InChI=1S/C18H25N/c1-6-11-17(3,14-15-19-5)18(4)12-7-9-16(2)10-8-13-18/h6-9,11-15H,5,10H2,1-4H3/b11-6-,12-7-,13-8-,15-14-,16-9-. The van der Waals surface area contributed by atoms with E-state index in [-0.39, 0.29) is 10.8 Å². The molecule has 0 amide bonds. The van der Waals surface area contributed by atoms with Crippen LogP contribution in [0.1, 0.15) is 34.1 Å². The number of rotatable bonds is 4. The molecule has 1 rings (SSSR count). The Morgan fingerprint density at radius 2 is 2.11 bits per heavy atom. The first-order valence-electron chi connectivity index (χ1n) is 6.77. The summed E-state index contributed by atoms with van der Waals surface area (Å²) in [5.74, 6) is 0. The third-order valence-electron chi connectivity index (χ3n) is 3.93. The fraction of sp³-hybridized carbons (Fsp3) is 0.389. The van der Waals surface area contributed by atoms with Crippen LogP contribution in [-0.4, -0.2) is 6.72 Å². The molecule has 1 nitrogen and oxygen atoms in total. The molecule has 0 spiro atoms. The van der Waals surface area contributed by atoms with Crippen LogP contribution in [0.25, 0.3) is 0 Å². The van der Waals surface area contributed by atoms with Crippen LogP contribution in [0.2, 0.25) is 0 Å². The van der Waals surface area contributed by atoms with E-state index in [1.165, 1.54) is 5.57 Å². The molecule has 0 bridgehead atoms. The summed E-state index contributed by atoms with van der Waals surface area (Å²) in [6.07, 6.45) is 20.4. The molecule has 0 aromatic carbocycles. The van der Waals surface area contributed by atoms with E-state index in [9.17, 15) is 0 Å². The van der Waals surface area contributed by atoms with E-state index in [1.807, 2.05) is 0 Å². The van der Waals surface area contributed by atoms with Crippen molar-refractivity contribution in [1.29, 1.82) is 0 Å². The van der Waals surface area contributed by atoms with Gasteiger partial charge in [0.05, 0.1) is 0 Å². The Bertz CT molecular complexity index is 462. The highest BCUT2D eigenvalue weighted by atomic mass is 14.6. The fourth-order valence-electron chi connectivity index (χ4n) is 2.35. The molecule has 0 radical (unpaired) electrons. The summed E-state index contributed by atoms with van der Waals surface area (Å²) in [6, 6.07) is 0. The number of nitrogens with zero attached hydrogens (tertiary/aromatic N) is 1. The van der Waals surface area contributed by atoms with Crippen LogP contribution in [0, 0.1) is 10.8 Å². The molecule has 0 saturated heterocycles.